The van der Waals surface area contributed by atoms with E-state index in [9.17, 15) is 9.90 Å². The molecule has 2 atom stereocenters. The molecule has 1 aromatic carbocycles. The fourth-order valence-corrected chi connectivity index (χ4v) is 3.03. The van der Waals surface area contributed by atoms with Crippen molar-refractivity contribution in [3.63, 3.8) is 0 Å². The predicted molar refractivity (Wildman–Crippen MR) is 90.7 cm³/mol. The molecule has 1 aliphatic heterocycles. The summed E-state index contributed by atoms with van der Waals surface area (Å²) in [5.41, 5.74) is 4.80. The van der Waals surface area contributed by atoms with Gasteiger partial charge in [0.2, 0.25) is 5.91 Å². The quantitative estimate of drug-likeness (QED) is 0.871. The first-order chi connectivity index (χ1) is 10.4. The number of nitrogens with zero attached hydrogens (tertiary/aromatic N) is 1. The number of hydrogen-bond acceptors (Lipinski definition) is 2. The number of piperidine rings is 1. The molecule has 3 heteroatoms. The summed E-state index contributed by atoms with van der Waals surface area (Å²) in [7, 11) is 0. The molecule has 1 fully saturated rings. The van der Waals surface area contributed by atoms with Crippen LogP contribution in [0.25, 0.3) is 6.08 Å². The van der Waals surface area contributed by atoms with Gasteiger partial charge >= 0.3 is 0 Å². The van der Waals surface area contributed by atoms with Gasteiger partial charge in [-0.15, -0.1) is 0 Å². The van der Waals surface area contributed by atoms with Gasteiger partial charge in [-0.3, -0.25) is 4.79 Å². The summed E-state index contributed by atoms with van der Waals surface area (Å²) in [4.78, 5) is 14.2. The van der Waals surface area contributed by atoms with Crippen LogP contribution in [0.1, 0.15) is 42.0 Å². The van der Waals surface area contributed by atoms with Crippen LogP contribution in [0.5, 0.6) is 0 Å². The summed E-state index contributed by atoms with van der Waals surface area (Å²) in [5, 5.41) is 9.72. The van der Waals surface area contributed by atoms with E-state index in [1.54, 1.807) is 6.08 Å². The molecule has 0 saturated carbocycles. The van der Waals surface area contributed by atoms with Crippen LogP contribution in [0.15, 0.2) is 18.2 Å². The second-order valence-corrected chi connectivity index (χ2v) is 6.55. The Morgan fingerprint density at radius 2 is 1.95 bits per heavy atom. The normalized spacial score (nSPS) is 20.4. The van der Waals surface area contributed by atoms with E-state index in [0.717, 1.165) is 24.9 Å². The number of aryl methyl sites for hydroxylation is 3. The zero-order chi connectivity index (χ0) is 16.3. The third-order valence-electron chi connectivity index (χ3n) is 4.74. The van der Waals surface area contributed by atoms with Crippen LogP contribution in [0.2, 0.25) is 0 Å². The van der Waals surface area contributed by atoms with Crippen molar-refractivity contribution < 1.29 is 9.90 Å². The van der Waals surface area contributed by atoms with Gasteiger partial charge in [-0.2, -0.15) is 0 Å². The van der Waals surface area contributed by atoms with E-state index in [-0.39, 0.29) is 17.9 Å². The van der Waals surface area contributed by atoms with Crippen LogP contribution < -0.4 is 0 Å². The molecular weight excluding hydrogens is 274 g/mol. The van der Waals surface area contributed by atoms with Gasteiger partial charge in [-0.1, -0.05) is 12.1 Å². The molecular formula is C19H27NO2. The lowest BCUT2D eigenvalue weighted by Gasteiger charge is -2.33. The summed E-state index contributed by atoms with van der Waals surface area (Å²) in [6.45, 7) is 9.52. The average molecular weight is 301 g/mol. The number of aliphatic hydroxyl groups excluding tert-OH is 1. The molecule has 0 radical (unpaired) electrons. The fraction of sp³-hybridized carbons (Fsp3) is 0.526. The minimum atomic E-state index is -0.346. The van der Waals surface area contributed by atoms with E-state index in [2.05, 4.69) is 32.9 Å². The zero-order valence-electron chi connectivity index (χ0n) is 14.1. The van der Waals surface area contributed by atoms with E-state index in [1.807, 2.05) is 17.9 Å². The van der Waals surface area contributed by atoms with Crippen LogP contribution in [-0.4, -0.2) is 35.1 Å². The number of likely N-dealkylation sites (tertiary alicyclic amines) is 1. The second-order valence-electron chi connectivity index (χ2n) is 6.55. The first-order valence-corrected chi connectivity index (χ1v) is 8.11. The average Bonchev–Trinajstić information content (AvgIpc) is 2.49. The van der Waals surface area contributed by atoms with Crippen molar-refractivity contribution in [1.29, 1.82) is 0 Å². The molecule has 1 N–H and O–H groups in total. The third kappa shape index (κ3) is 3.98. The number of hydrogen-bond donors (Lipinski definition) is 1. The smallest absolute Gasteiger partial charge is 0.246 e. The summed E-state index contributed by atoms with van der Waals surface area (Å²) < 4.78 is 0. The van der Waals surface area contributed by atoms with Crippen LogP contribution in [0, 0.1) is 26.7 Å². The molecule has 22 heavy (non-hydrogen) atoms. The summed E-state index contributed by atoms with van der Waals surface area (Å²) in [6.07, 6.45) is 5.21. The van der Waals surface area contributed by atoms with Crippen molar-refractivity contribution in [2.45, 2.75) is 46.6 Å². The Hall–Kier alpha value is -1.61. The Labute approximate surface area is 133 Å². The summed E-state index contributed by atoms with van der Waals surface area (Å²) in [5.74, 6) is 0.248. The van der Waals surface area contributed by atoms with E-state index in [0.29, 0.717) is 6.54 Å². The second kappa shape index (κ2) is 7.10. The Bertz CT molecular complexity index is 575. The van der Waals surface area contributed by atoms with Crippen LogP contribution >= 0.6 is 0 Å². The van der Waals surface area contributed by atoms with E-state index in [4.69, 9.17) is 0 Å². The van der Waals surface area contributed by atoms with Gasteiger partial charge in [0.1, 0.15) is 0 Å². The molecule has 1 heterocycles. The minimum Gasteiger partial charge on any atom is -0.393 e. The number of benzene rings is 1. The zero-order valence-corrected chi connectivity index (χ0v) is 14.1. The molecule has 1 aromatic rings. The Balaban J connectivity index is 2.07. The Kier molecular flexibility index (Phi) is 5.41. The Morgan fingerprint density at radius 1 is 1.27 bits per heavy atom. The highest BCUT2D eigenvalue weighted by molar-refractivity contribution is 5.92. The largest absolute Gasteiger partial charge is 0.393 e. The lowest BCUT2D eigenvalue weighted by molar-refractivity contribution is -0.128. The van der Waals surface area contributed by atoms with Gasteiger partial charge < -0.3 is 10.0 Å². The van der Waals surface area contributed by atoms with Crippen LogP contribution in [0.3, 0.4) is 0 Å². The monoisotopic (exact) mass is 301 g/mol. The van der Waals surface area contributed by atoms with E-state index < -0.39 is 0 Å². The SMILES string of the molecule is Cc1cc(C)c(/C=C/C(=O)N2CCCC(C(C)O)C2)cc1C. The molecule has 0 spiro atoms. The molecule has 1 aliphatic rings. The van der Waals surface area contributed by atoms with E-state index >= 15 is 0 Å². The van der Waals surface area contributed by atoms with Crippen molar-refractivity contribution >= 4 is 12.0 Å². The first-order valence-electron chi connectivity index (χ1n) is 8.11. The number of carbonyl (C=O) groups excluding carboxylic acids is 1. The summed E-state index contributed by atoms with van der Waals surface area (Å²) >= 11 is 0. The molecule has 1 saturated heterocycles. The minimum absolute atomic E-state index is 0.0444. The maximum Gasteiger partial charge on any atom is 0.246 e. The number of rotatable bonds is 3. The molecule has 0 aromatic heterocycles. The molecule has 0 aliphatic carbocycles. The van der Waals surface area contributed by atoms with Gasteiger partial charge in [-0.05, 0) is 68.9 Å². The highest BCUT2D eigenvalue weighted by Crippen LogP contribution is 2.21. The molecule has 2 unspecified atom stereocenters. The number of amides is 1. The lowest BCUT2D eigenvalue weighted by atomic mass is 9.93. The highest BCUT2D eigenvalue weighted by Gasteiger charge is 2.25. The van der Waals surface area contributed by atoms with Gasteiger partial charge in [0.25, 0.3) is 0 Å². The maximum atomic E-state index is 12.4. The molecule has 3 nitrogen and oxygen atoms in total. The lowest BCUT2D eigenvalue weighted by Crippen LogP contribution is -2.42. The van der Waals surface area contributed by atoms with Crippen molar-refractivity contribution in [3.8, 4) is 0 Å². The van der Waals surface area contributed by atoms with Crippen molar-refractivity contribution in [2.75, 3.05) is 13.1 Å². The van der Waals surface area contributed by atoms with Gasteiger partial charge in [0.05, 0.1) is 6.10 Å². The van der Waals surface area contributed by atoms with Gasteiger partial charge in [0.15, 0.2) is 0 Å². The highest BCUT2D eigenvalue weighted by atomic mass is 16.3. The molecule has 2 rings (SSSR count). The van der Waals surface area contributed by atoms with Gasteiger partial charge in [0, 0.05) is 25.1 Å². The first kappa shape index (κ1) is 16.8. The van der Waals surface area contributed by atoms with Crippen molar-refractivity contribution in [3.05, 3.63) is 40.5 Å². The topological polar surface area (TPSA) is 40.5 Å². The van der Waals surface area contributed by atoms with Crippen molar-refractivity contribution in [2.24, 2.45) is 5.92 Å². The number of carbonyl (C=O) groups is 1. The number of aliphatic hydroxyl groups is 1. The van der Waals surface area contributed by atoms with E-state index in [1.165, 1.54) is 16.7 Å². The van der Waals surface area contributed by atoms with Crippen LogP contribution in [-0.2, 0) is 4.79 Å². The van der Waals surface area contributed by atoms with Crippen LogP contribution in [0.4, 0.5) is 0 Å². The molecule has 120 valence electrons. The standard InChI is InChI=1S/C19H27NO2/c1-13-10-15(3)17(11-14(13)2)7-8-19(22)20-9-5-6-18(12-20)16(4)21/h7-8,10-11,16,18,21H,5-6,9,12H2,1-4H3/b8-7+. The molecule has 1 amide bonds. The molecule has 0 bridgehead atoms. The summed E-state index contributed by atoms with van der Waals surface area (Å²) in [6, 6.07) is 4.28. The fourth-order valence-electron chi connectivity index (χ4n) is 3.03. The predicted octanol–water partition coefficient (Wildman–Crippen LogP) is 3.24. The Morgan fingerprint density at radius 3 is 2.64 bits per heavy atom. The van der Waals surface area contributed by atoms with Crippen molar-refractivity contribution in [1.82, 2.24) is 4.90 Å². The third-order valence-corrected chi connectivity index (χ3v) is 4.74. The van der Waals surface area contributed by atoms with Gasteiger partial charge in [-0.25, -0.2) is 0 Å². The maximum absolute atomic E-state index is 12.4.